The molecule has 5 rings (SSSR count). The van der Waals surface area contributed by atoms with Gasteiger partial charge in [-0.2, -0.15) is 0 Å². The molecule has 3 heteroatoms. The number of anilines is 2. The first-order valence-electron chi connectivity index (χ1n) is 17.3. The van der Waals surface area contributed by atoms with Crippen LogP contribution in [0.5, 0.6) is 0 Å². The average molecular weight is 617 g/mol. The predicted octanol–water partition coefficient (Wildman–Crippen LogP) is 10.7. The lowest BCUT2D eigenvalue weighted by atomic mass is 9.86. The highest BCUT2D eigenvalue weighted by Crippen LogP contribution is 2.46. The summed E-state index contributed by atoms with van der Waals surface area (Å²) in [6.07, 6.45) is 0. The fraction of sp³-hybridized carbons (Fsp3) is 0.429. The fourth-order valence-electron chi connectivity index (χ4n) is 7.63. The van der Waals surface area contributed by atoms with Gasteiger partial charge >= 0.3 is 8.40 Å². The number of rotatable bonds is 9. The second-order valence-corrected chi connectivity index (χ2v) is 18.4. The van der Waals surface area contributed by atoms with Gasteiger partial charge in [0, 0.05) is 11.4 Å². The van der Waals surface area contributed by atoms with Gasteiger partial charge in [-0.15, -0.1) is 0 Å². The Bertz CT molecular complexity index is 1600. The van der Waals surface area contributed by atoms with Crippen molar-refractivity contribution in [2.24, 2.45) is 0 Å². The SMILES string of the molecule is CC(C)c1cc(C(C)C)c([Si]2(Nc3ccccc3)c3c(C(C)C)cc(C(C)C)cc3C(C)(C)N2c2ccccc2)c(C(C)C)c1. The molecule has 4 aromatic carbocycles. The molecule has 45 heavy (non-hydrogen) atoms. The first kappa shape index (κ1) is 33.1. The van der Waals surface area contributed by atoms with Crippen LogP contribution in [0.15, 0.2) is 84.9 Å². The second-order valence-electron chi connectivity index (χ2n) is 15.3. The van der Waals surface area contributed by atoms with Gasteiger partial charge in [-0.25, -0.2) is 0 Å². The lowest BCUT2D eigenvalue weighted by Crippen LogP contribution is -2.76. The Balaban J connectivity index is 2.09. The maximum Gasteiger partial charge on any atom is 0.330 e. The van der Waals surface area contributed by atoms with E-state index in [-0.39, 0.29) is 5.54 Å². The molecule has 0 bridgehead atoms. The molecule has 0 aliphatic carbocycles. The Hall–Kier alpha value is -3.30. The van der Waals surface area contributed by atoms with Gasteiger partial charge in [0.2, 0.25) is 0 Å². The van der Waals surface area contributed by atoms with Crippen molar-refractivity contribution in [3.63, 3.8) is 0 Å². The third-order valence-corrected chi connectivity index (χ3v) is 14.7. The minimum absolute atomic E-state index is 0.252. The van der Waals surface area contributed by atoms with Gasteiger partial charge in [0.05, 0.1) is 5.54 Å². The van der Waals surface area contributed by atoms with E-state index in [4.69, 9.17) is 0 Å². The summed E-state index contributed by atoms with van der Waals surface area (Å²) in [5.41, 5.74) is 11.1. The zero-order valence-electron chi connectivity index (χ0n) is 29.9. The van der Waals surface area contributed by atoms with E-state index < -0.39 is 8.40 Å². The van der Waals surface area contributed by atoms with Gasteiger partial charge in [0.15, 0.2) is 0 Å². The van der Waals surface area contributed by atoms with Crippen molar-refractivity contribution in [1.29, 1.82) is 0 Å². The summed E-state index contributed by atoms with van der Waals surface area (Å²) in [6.45, 7) is 28.7. The van der Waals surface area contributed by atoms with Crippen molar-refractivity contribution >= 4 is 30.1 Å². The largest absolute Gasteiger partial charge is 0.387 e. The minimum atomic E-state index is -3.03. The zero-order chi connectivity index (χ0) is 32.8. The average Bonchev–Trinajstić information content (AvgIpc) is 3.19. The number of hydrogen-bond donors (Lipinski definition) is 1. The third kappa shape index (κ3) is 5.67. The van der Waals surface area contributed by atoms with Crippen LogP contribution in [-0.2, 0) is 5.54 Å². The highest BCUT2D eigenvalue weighted by atomic mass is 28.3. The van der Waals surface area contributed by atoms with Gasteiger partial charge in [0.25, 0.3) is 0 Å². The highest BCUT2D eigenvalue weighted by molar-refractivity contribution is 7.09. The Labute approximate surface area is 275 Å². The lowest BCUT2D eigenvalue weighted by Gasteiger charge is -2.48. The molecular weight excluding hydrogens is 561 g/mol. The highest BCUT2D eigenvalue weighted by Gasteiger charge is 2.61. The predicted molar refractivity (Wildman–Crippen MR) is 200 cm³/mol. The van der Waals surface area contributed by atoms with E-state index in [1.165, 1.54) is 44.8 Å². The number of benzene rings is 4. The normalized spacial score (nSPS) is 17.7. The summed E-state index contributed by atoms with van der Waals surface area (Å²) in [5.74, 6) is 2.05. The third-order valence-electron chi connectivity index (χ3n) is 10.0. The first-order chi connectivity index (χ1) is 21.2. The molecule has 1 aliphatic rings. The second kappa shape index (κ2) is 12.5. The van der Waals surface area contributed by atoms with E-state index in [1.807, 2.05) is 0 Å². The lowest BCUT2D eigenvalue weighted by molar-refractivity contribution is 0.566. The molecule has 0 radical (unpaired) electrons. The van der Waals surface area contributed by atoms with E-state index >= 15 is 0 Å². The van der Waals surface area contributed by atoms with Crippen molar-refractivity contribution < 1.29 is 0 Å². The summed E-state index contributed by atoms with van der Waals surface area (Å²) in [5, 5.41) is 3.11. The van der Waals surface area contributed by atoms with Crippen LogP contribution >= 0.6 is 0 Å². The maximum atomic E-state index is 4.48. The number of para-hydroxylation sites is 2. The molecule has 1 unspecified atom stereocenters. The van der Waals surface area contributed by atoms with Gasteiger partial charge in [-0.05, 0) is 111 Å². The monoisotopic (exact) mass is 616 g/mol. The van der Waals surface area contributed by atoms with Crippen LogP contribution < -0.4 is 19.9 Å². The minimum Gasteiger partial charge on any atom is -0.387 e. The molecule has 0 fully saturated rings. The first-order valence-corrected chi connectivity index (χ1v) is 19.2. The van der Waals surface area contributed by atoms with E-state index in [2.05, 4.69) is 178 Å². The quantitative estimate of drug-likeness (QED) is 0.188. The number of fused-ring (bicyclic) bond motifs is 1. The van der Waals surface area contributed by atoms with Crippen LogP contribution in [0, 0.1) is 0 Å². The molecule has 4 aromatic rings. The number of nitrogens with one attached hydrogen (secondary N) is 1. The molecule has 0 aromatic heterocycles. The number of hydrogen-bond acceptors (Lipinski definition) is 2. The van der Waals surface area contributed by atoms with E-state index in [0.29, 0.717) is 29.6 Å². The molecule has 1 aliphatic heterocycles. The standard InChI is InChI=1S/C42H56N2Si/c1-27(2)32-23-36(29(5)6)40(37(24-32)30(7)8)45(43-34-19-15-13-16-20-34)41-38(31(9)10)25-33(28(3)4)26-39(41)42(11,12)44(45)35-21-17-14-18-22-35/h13-31,43H,1-12H3. The molecule has 0 saturated heterocycles. The van der Waals surface area contributed by atoms with Crippen molar-refractivity contribution in [2.75, 3.05) is 9.55 Å². The Morgan fingerprint density at radius 1 is 0.533 bits per heavy atom. The molecular formula is C42H56N2Si. The molecule has 1 atom stereocenters. The maximum absolute atomic E-state index is 4.48. The van der Waals surface area contributed by atoms with Crippen LogP contribution in [0.1, 0.15) is 146 Å². The van der Waals surface area contributed by atoms with Gasteiger partial charge in [-0.1, -0.05) is 130 Å². The summed E-state index contributed by atoms with van der Waals surface area (Å²) in [4.78, 5) is 4.48. The molecule has 1 heterocycles. The van der Waals surface area contributed by atoms with Crippen molar-refractivity contribution in [2.45, 2.75) is 118 Å². The molecule has 238 valence electrons. The zero-order valence-corrected chi connectivity index (χ0v) is 30.9. The van der Waals surface area contributed by atoms with Crippen molar-refractivity contribution in [1.82, 2.24) is 0 Å². The Morgan fingerprint density at radius 2 is 0.956 bits per heavy atom. The molecule has 0 amide bonds. The van der Waals surface area contributed by atoms with Gasteiger partial charge in [0.1, 0.15) is 0 Å². The summed E-state index contributed by atoms with van der Waals surface area (Å²) in [6, 6.07) is 32.5. The van der Waals surface area contributed by atoms with Crippen LogP contribution in [-0.4, -0.2) is 8.40 Å². The van der Waals surface area contributed by atoms with Gasteiger partial charge in [-0.3, -0.25) is 0 Å². The van der Waals surface area contributed by atoms with E-state index in [9.17, 15) is 0 Å². The van der Waals surface area contributed by atoms with E-state index in [1.54, 1.807) is 10.4 Å². The topological polar surface area (TPSA) is 15.3 Å². The van der Waals surface area contributed by atoms with E-state index in [0.717, 1.165) is 0 Å². The fourth-order valence-corrected chi connectivity index (χ4v) is 13.9. The Morgan fingerprint density at radius 3 is 1.40 bits per heavy atom. The van der Waals surface area contributed by atoms with Crippen LogP contribution in [0.3, 0.4) is 0 Å². The van der Waals surface area contributed by atoms with Gasteiger partial charge < -0.3 is 9.55 Å². The summed E-state index contributed by atoms with van der Waals surface area (Å²) >= 11 is 0. The summed E-state index contributed by atoms with van der Waals surface area (Å²) in [7, 11) is -3.03. The molecule has 1 N–H and O–H groups in total. The smallest absolute Gasteiger partial charge is 0.330 e. The summed E-state index contributed by atoms with van der Waals surface area (Å²) < 4.78 is 2.87. The van der Waals surface area contributed by atoms with Crippen LogP contribution in [0.25, 0.3) is 0 Å². The van der Waals surface area contributed by atoms with Crippen molar-refractivity contribution in [3.8, 4) is 0 Å². The molecule has 0 saturated carbocycles. The number of nitrogens with zero attached hydrogens (tertiary/aromatic N) is 1. The molecule has 0 spiro atoms. The molecule has 2 nitrogen and oxygen atoms in total. The Kier molecular flexibility index (Phi) is 9.17. The van der Waals surface area contributed by atoms with Crippen molar-refractivity contribution in [3.05, 3.63) is 118 Å². The van der Waals surface area contributed by atoms with Crippen LogP contribution in [0.2, 0.25) is 0 Å². The van der Waals surface area contributed by atoms with Crippen LogP contribution in [0.4, 0.5) is 11.4 Å².